The van der Waals surface area contributed by atoms with Gasteiger partial charge in [-0.15, -0.1) is 0 Å². The van der Waals surface area contributed by atoms with Crippen LogP contribution in [0.25, 0.3) is 16.7 Å². The van der Waals surface area contributed by atoms with Gasteiger partial charge in [-0.25, -0.2) is 9.67 Å². The summed E-state index contributed by atoms with van der Waals surface area (Å²) in [7, 11) is 0. The highest BCUT2D eigenvalue weighted by molar-refractivity contribution is 9.10. The molecule has 4 aromatic rings. The highest BCUT2D eigenvalue weighted by Crippen LogP contribution is 2.40. The van der Waals surface area contributed by atoms with Crippen LogP contribution >= 0.6 is 15.9 Å². The standard InChI is InChI=1S/C23H19BrN4O/c1-14-21-19(23(29)25-17-11-9-16(24)10-12-17)13-20(15-7-8-15)26-22(21)28(27-14)18-5-3-2-4-6-18/h2-6,9-13,15H,7-8H2,1H3,(H,25,29). The van der Waals surface area contributed by atoms with E-state index in [1.807, 2.05) is 72.3 Å². The molecule has 1 N–H and O–H groups in total. The normalized spacial score (nSPS) is 13.6. The first-order valence-electron chi connectivity index (χ1n) is 9.63. The first kappa shape index (κ1) is 18.1. The van der Waals surface area contributed by atoms with Crippen LogP contribution in [0.1, 0.15) is 40.5 Å². The molecule has 5 rings (SSSR count). The number of para-hydroxylation sites is 1. The molecule has 1 aliphatic carbocycles. The number of fused-ring (bicyclic) bond motifs is 1. The summed E-state index contributed by atoms with van der Waals surface area (Å²) in [6.45, 7) is 1.93. The van der Waals surface area contributed by atoms with Crippen LogP contribution in [0.3, 0.4) is 0 Å². The number of carbonyl (C=O) groups is 1. The third kappa shape index (κ3) is 3.44. The number of aromatic nitrogens is 3. The van der Waals surface area contributed by atoms with E-state index in [0.717, 1.165) is 51.1 Å². The fourth-order valence-electron chi connectivity index (χ4n) is 3.56. The Morgan fingerprint density at radius 2 is 1.83 bits per heavy atom. The molecule has 2 heterocycles. The van der Waals surface area contributed by atoms with Gasteiger partial charge in [-0.05, 0) is 62.2 Å². The molecule has 1 amide bonds. The summed E-state index contributed by atoms with van der Waals surface area (Å²) in [6.07, 6.45) is 2.23. The van der Waals surface area contributed by atoms with Crippen LogP contribution in [0, 0.1) is 6.92 Å². The van der Waals surface area contributed by atoms with Crippen molar-refractivity contribution in [1.29, 1.82) is 0 Å². The molecule has 0 spiro atoms. The highest BCUT2D eigenvalue weighted by Gasteiger charge is 2.29. The van der Waals surface area contributed by atoms with Crippen LogP contribution in [0.15, 0.2) is 65.1 Å². The molecule has 1 saturated carbocycles. The van der Waals surface area contributed by atoms with Crippen molar-refractivity contribution in [2.75, 3.05) is 5.32 Å². The molecule has 144 valence electrons. The van der Waals surface area contributed by atoms with E-state index in [0.29, 0.717) is 11.5 Å². The molecule has 29 heavy (non-hydrogen) atoms. The Hall–Kier alpha value is -2.99. The van der Waals surface area contributed by atoms with Gasteiger partial charge in [0.2, 0.25) is 0 Å². The maximum absolute atomic E-state index is 13.2. The zero-order valence-corrected chi connectivity index (χ0v) is 17.5. The molecule has 0 saturated heterocycles. The van der Waals surface area contributed by atoms with E-state index in [9.17, 15) is 4.79 Å². The number of pyridine rings is 1. The van der Waals surface area contributed by atoms with Crippen molar-refractivity contribution in [2.45, 2.75) is 25.7 Å². The molecule has 5 nitrogen and oxygen atoms in total. The van der Waals surface area contributed by atoms with Crippen molar-refractivity contribution < 1.29 is 4.79 Å². The van der Waals surface area contributed by atoms with E-state index in [2.05, 4.69) is 21.2 Å². The number of hydrogen-bond donors (Lipinski definition) is 1. The lowest BCUT2D eigenvalue weighted by Gasteiger charge is -2.10. The number of amides is 1. The van der Waals surface area contributed by atoms with Gasteiger partial charge in [-0.2, -0.15) is 5.10 Å². The molecule has 2 aromatic heterocycles. The van der Waals surface area contributed by atoms with Crippen molar-refractivity contribution in [3.63, 3.8) is 0 Å². The average Bonchev–Trinajstić information content (AvgIpc) is 3.54. The molecule has 0 unspecified atom stereocenters. The molecule has 0 radical (unpaired) electrons. The second-order valence-corrected chi connectivity index (χ2v) is 8.28. The minimum atomic E-state index is -0.141. The van der Waals surface area contributed by atoms with E-state index in [1.54, 1.807) is 0 Å². The molecule has 1 fully saturated rings. The van der Waals surface area contributed by atoms with Gasteiger partial charge in [0.15, 0.2) is 5.65 Å². The van der Waals surface area contributed by atoms with Crippen LogP contribution in [-0.4, -0.2) is 20.7 Å². The Kier molecular flexibility index (Phi) is 4.43. The number of hydrogen-bond acceptors (Lipinski definition) is 3. The maximum Gasteiger partial charge on any atom is 0.256 e. The lowest BCUT2D eigenvalue weighted by Crippen LogP contribution is -2.13. The number of aryl methyl sites for hydroxylation is 1. The van der Waals surface area contributed by atoms with E-state index in [4.69, 9.17) is 10.1 Å². The van der Waals surface area contributed by atoms with E-state index in [1.165, 1.54) is 0 Å². The summed E-state index contributed by atoms with van der Waals surface area (Å²) in [6, 6.07) is 19.4. The van der Waals surface area contributed by atoms with E-state index < -0.39 is 0 Å². The van der Waals surface area contributed by atoms with E-state index >= 15 is 0 Å². The van der Waals surface area contributed by atoms with Gasteiger partial charge in [0.05, 0.1) is 22.3 Å². The summed E-state index contributed by atoms with van der Waals surface area (Å²) in [5.41, 5.74) is 4.81. The number of rotatable bonds is 4. The quantitative estimate of drug-likeness (QED) is 0.442. The van der Waals surface area contributed by atoms with Crippen LogP contribution < -0.4 is 5.32 Å². The third-order valence-electron chi connectivity index (χ3n) is 5.18. The lowest BCUT2D eigenvalue weighted by atomic mass is 10.1. The average molecular weight is 447 g/mol. The van der Waals surface area contributed by atoms with Gasteiger partial charge in [-0.3, -0.25) is 4.79 Å². The molecule has 0 atom stereocenters. The van der Waals surface area contributed by atoms with Crippen molar-refractivity contribution in [2.24, 2.45) is 0 Å². The summed E-state index contributed by atoms with van der Waals surface area (Å²) in [5, 5.41) is 8.53. The van der Waals surface area contributed by atoms with Gasteiger partial charge in [0.25, 0.3) is 5.91 Å². The zero-order chi connectivity index (χ0) is 20.0. The van der Waals surface area contributed by atoms with E-state index in [-0.39, 0.29) is 5.91 Å². The van der Waals surface area contributed by atoms with Crippen LogP contribution in [0.2, 0.25) is 0 Å². The number of carbonyl (C=O) groups excluding carboxylic acids is 1. The lowest BCUT2D eigenvalue weighted by molar-refractivity contribution is 0.102. The highest BCUT2D eigenvalue weighted by atomic mass is 79.9. The number of benzene rings is 2. The first-order valence-corrected chi connectivity index (χ1v) is 10.4. The molecule has 1 aliphatic rings. The smallest absolute Gasteiger partial charge is 0.256 e. The molecule has 2 aromatic carbocycles. The molecular formula is C23H19BrN4O. The number of nitrogens with zero attached hydrogens (tertiary/aromatic N) is 3. The van der Waals surface area contributed by atoms with Crippen molar-refractivity contribution in [3.05, 3.63) is 82.1 Å². The Bertz CT molecular complexity index is 1210. The fraction of sp³-hybridized carbons (Fsp3) is 0.174. The minimum Gasteiger partial charge on any atom is -0.322 e. The summed E-state index contributed by atoms with van der Waals surface area (Å²) < 4.78 is 2.81. The monoisotopic (exact) mass is 446 g/mol. The predicted molar refractivity (Wildman–Crippen MR) is 118 cm³/mol. The Labute approximate surface area is 176 Å². The Balaban J connectivity index is 1.65. The second kappa shape index (κ2) is 7.12. The fourth-order valence-corrected chi connectivity index (χ4v) is 3.82. The molecular weight excluding hydrogens is 428 g/mol. The first-order chi connectivity index (χ1) is 14.1. The minimum absolute atomic E-state index is 0.141. The van der Waals surface area contributed by atoms with Gasteiger partial charge >= 0.3 is 0 Å². The van der Waals surface area contributed by atoms with Gasteiger partial charge in [0.1, 0.15) is 0 Å². The van der Waals surface area contributed by atoms with Crippen LogP contribution in [0.4, 0.5) is 5.69 Å². The Morgan fingerprint density at radius 1 is 1.10 bits per heavy atom. The zero-order valence-electron chi connectivity index (χ0n) is 15.9. The summed E-state index contributed by atoms with van der Waals surface area (Å²) in [5.74, 6) is 0.287. The SMILES string of the molecule is Cc1nn(-c2ccccc2)c2nc(C3CC3)cc(C(=O)Nc3ccc(Br)cc3)c12. The van der Waals surface area contributed by atoms with Crippen molar-refractivity contribution in [1.82, 2.24) is 14.8 Å². The number of anilines is 1. The van der Waals surface area contributed by atoms with Gasteiger partial charge < -0.3 is 5.32 Å². The molecule has 0 bridgehead atoms. The largest absolute Gasteiger partial charge is 0.322 e. The topological polar surface area (TPSA) is 59.8 Å². The summed E-state index contributed by atoms with van der Waals surface area (Å²) in [4.78, 5) is 18.1. The summed E-state index contributed by atoms with van der Waals surface area (Å²) >= 11 is 3.42. The number of halogens is 1. The van der Waals surface area contributed by atoms with Gasteiger partial charge in [-0.1, -0.05) is 34.1 Å². The van der Waals surface area contributed by atoms with Gasteiger partial charge in [0, 0.05) is 21.8 Å². The number of nitrogens with one attached hydrogen (secondary N) is 1. The maximum atomic E-state index is 13.2. The predicted octanol–water partition coefficient (Wildman–Crippen LogP) is 5.62. The van der Waals surface area contributed by atoms with Crippen molar-refractivity contribution in [3.8, 4) is 5.69 Å². The molecule has 6 heteroatoms. The van der Waals surface area contributed by atoms with Crippen LogP contribution in [-0.2, 0) is 0 Å². The Morgan fingerprint density at radius 3 is 2.52 bits per heavy atom. The van der Waals surface area contributed by atoms with Crippen molar-refractivity contribution >= 4 is 38.6 Å². The van der Waals surface area contributed by atoms with Crippen LogP contribution in [0.5, 0.6) is 0 Å². The third-order valence-corrected chi connectivity index (χ3v) is 5.70. The second-order valence-electron chi connectivity index (χ2n) is 7.36. The molecule has 0 aliphatic heterocycles.